The van der Waals surface area contributed by atoms with Gasteiger partial charge in [-0.2, -0.15) is 0 Å². The summed E-state index contributed by atoms with van der Waals surface area (Å²) in [5.41, 5.74) is 8.34. The highest BCUT2D eigenvalue weighted by Crippen LogP contribution is 2.21. The summed E-state index contributed by atoms with van der Waals surface area (Å²) in [6, 6.07) is 14.4. The molecular formula is C12H11NO2S. The minimum atomic E-state index is -1.92. The highest BCUT2D eigenvalue weighted by Gasteiger charge is 2.01. The first kappa shape index (κ1) is 10.9. The lowest BCUT2D eigenvalue weighted by molar-refractivity contribution is 0.564. The van der Waals surface area contributed by atoms with Gasteiger partial charge in [-0.1, -0.05) is 24.3 Å². The fourth-order valence-corrected chi connectivity index (χ4v) is 1.81. The first-order valence-corrected chi connectivity index (χ1v) is 5.84. The van der Waals surface area contributed by atoms with E-state index in [-0.39, 0.29) is 0 Å². The Morgan fingerprint density at radius 1 is 0.875 bits per heavy atom. The number of nitrogens with two attached hydrogens (primary N) is 1. The van der Waals surface area contributed by atoms with E-state index >= 15 is 0 Å². The van der Waals surface area contributed by atoms with E-state index in [4.69, 9.17) is 10.3 Å². The molecule has 0 heterocycles. The van der Waals surface area contributed by atoms with Gasteiger partial charge in [0.2, 0.25) is 0 Å². The van der Waals surface area contributed by atoms with Gasteiger partial charge in [0.25, 0.3) is 0 Å². The Labute approximate surface area is 96.2 Å². The average molecular weight is 233 g/mol. The second-order valence-electron chi connectivity index (χ2n) is 3.40. The van der Waals surface area contributed by atoms with Crippen molar-refractivity contribution in [3.05, 3.63) is 48.5 Å². The molecule has 1 atom stereocenters. The van der Waals surface area contributed by atoms with Crippen LogP contribution in [-0.2, 0) is 11.1 Å². The molecule has 3 N–H and O–H groups in total. The Balaban J connectivity index is 2.34. The van der Waals surface area contributed by atoms with Gasteiger partial charge in [-0.25, -0.2) is 4.21 Å². The zero-order chi connectivity index (χ0) is 11.5. The molecule has 2 aromatic rings. The third-order valence-corrected chi connectivity index (χ3v) is 2.98. The lowest BCUT2D eigenvalue weighted by atomic mass is 10.1. The normalized spacial score (nSPS) is 12.3. The fraction of sp³-hybridized carbons (Fsp3) is 0. The zero-order valence-electron chi connectivity index (χ0n) is 8.46. The molecule has 0 bridgehead atoms. The minimum absolute atomic E-state index is 0.402. The molecule has 2 aromatic carbocycles. The summed E-state index contributed by atoms with van der Waals surface area (Å²) in [6.45, 7) is 0. The largest absolute Gasteiger partial charge is 0.399 e. The van der Waals surface area contributed by atoms with E-state index in [1.807, 2.05) is 36.4 Å². The average Bonchev–Trinajstić information content (AvgIpc) is 2.30. The van der Waals surface area contributed by atoms with E-state index in [0.29, 0.717) is 4.90 Å². The Kier molecular flexibility index (Phi) is 3.03. The summed E-state index contributed by atoms with van der Waals surface area (Å²) in [5.74, 6) is 0. The van der Waals surface area contributed by atoms with Gasteiger partial charge in [-0.3, -0.25) is 0 Å². The summed E-state index contributed by atoms with van der Waals surface area (Å²) < 4.78 is 19.7. The summed E-state index contributed by atoms with van der Waals surface area (Å²) >= 11 is -1.92. The van der Waals surface area contributed by atoms with Gasteiger partial charge in [0.05, 0.1) is 4.90 Å². The third-order valence-electron chi connectivity index (χ3n) is 2.30. The molecule has 2 rings (SSSR count). The van der Waals surface area contributed by atoms with E-state index in [1.165, 1.54) is 0 Å². The van der Waals surface area contributed by atoms with Gasteiger partial charge < -0.3 is 10.3 Å². The van der Waals surface area contributed by atoms with Crippen LogP contribution in [0.3, 0.4) is 0 Å². The topological polar surface area (TPSA) is 63.3 Å². The molecule has 3 nitrogen and oxygen atoms in total. The highest BCUT2D eigenvalue weighted by molar-refractivity contribution is 7.79. The van der Waals surface area contributed by atoms with Gasteiger partial charge in [-0.15, -0.1) is 0 Å². The molecule has 0 saturated heterocycles. The lowest BCUT2D eigenvalue weighted by Crippen LogP contribution is -1.88. The molecule has 0 aliphatic heterocycles. The van der Waals surface area contributed by atoms with Crippen molar-refractivity contribution in [2.24, 2.45) is 0 Å². The van der Waals surface area contributed by atoms with E-state index in [0.717, 1.165) is 16.8 Å². The van der Waals surface area contributed by atoms with Crippen LogP contribution in [0, 0.1) is 0 Å². The van der Waals surface area contributed by atoms with E-state index in [1.54, 1.807) is 12.1 Å². The SMILES string of the molecule is Nc1ccc(-c2ccc(S(=O)O)cc2)cc1. The van der Waals surface area contributed by atoms with Crippen molar-refractivity contribution in [1.29, 1.82) is 0 Å². The Morgan fingerprint density at radius 2 is 1.31 bits per heavy atom. The molecule has 0 amide bonds. The number of nitrogen functional groups attached to an aromatic ring is 1. The van der Waals surface area contributed by atoms with Gasteiger partial charge in [0.15, 0.2) is 11.1 Å². The van der Waals surface area contributed by atoms with E-state index in [9.17, 15) is 4.21 Å². The standard InChI is InChI=1S/C12H11NO2S/c13-11-5-1-9(2-6-11)10-3-7-12(8-4-10)16(14)15/h1-8H,13H2,(H,14,15). The molecule has 1 unspecified atom stereocenters. The molecule has 0 aliphatic carbocycles. The smallest absolute Gasteiger partial charge is 0.186 e. The van der Waals surface area contributed by atoms with Crippen LogP contribution in [-0.4, -0.2) is 8.76 Å². The molecule has 16 heavy (non-hydrogen) atoms. The molecule has 82 valence electrons. The van der Waals surface area contributed by atoms with Crippen LogP contribution in [0.2, 0.25) is 0 Å². The quantitative estimate of drug-likeness (QED) is 0.619. The molecule has 0 aliphatic rings. The van der Waals surface area contributed by atoms with Crippen LogP contribution in [0.4, 0.5) is 5.69 Å². The van der Waals surface area contributed by atoms with E-state index < -0.39 is 11.1 Å². The van der Waals surface area contributed by atoms with Crippen molar-refractivity contribution in [3.63, 3.8) is 0 Å². The van der Waals surface area contributed by atoms with Gasteiger partial charge in [0.1, 0.15) is 0 Å². The van der Waals surface area contributed by atoms with E-state index in [2.05, 4.69) is 0 Å². The molecule has 4 heteroatoms. The van der Waals surface area contributed by atoms with Crippen molar-refractivity contribution >= 4 is 16.8 Å². The Morgan fingerprint density at radius 3 is 1.75 bits per heavy atom. The molecule has 0 fully saturated rings. The summed E-state index contributed by atoms with van der Waals surface area (Å²) in [6.07, 6.45) is 0. The van der Waals surface area contributed by atoms with Gasteiger partial charge in [-0.05, 0) is 35.4 Å². The van der Waals surface area contributed by atoms with Gasteiger partial charge in [0, 0.05) is 5.69 Å². The maximum atomic E-state index is 10.8. The Hall–Kier alpha value is -1.65. The predicted octanol–water partition coefficient (Wildman–Crippen LogP) is 2.52. The molecule has 0 saturated carbocycles. The summed E-state index contributed by atoms with van der Waals surface area (Å²) in [7, 11) is 0. The minimum Gasteiger partial charge on any atom is -0.399 e. The maximum absolute atomic E-state index is 10.8. The van der Waals surface area contributed by atoms with Crippen LogP contribution >= 0.6 is 0 Å². The van der Waals surface area contributed by atoms with Crippen LogP contribution in [0.25, 0.3) is 11.1 Å². The number of benzene rings is 2. The number of anilines is 1. The van der Waals surface area contributed by atoms with Gasteiger partial charge >= 0.3 is 0 Å². The molecule has 0 aromatic heterocycles. The van der Waals surface area contributed by atoms with Crippen molar-refractivity contribution < 1.29 is 8.76 Å². The number of hydrogen-bond acceptors (Lipinski definition) is 2. The van der Waals surface area contributed by atoms with Crippen molar-refractivity contribution in [3.8, 4) is 11.1 Å². The van der Waals surface area contributed by atoms with Crippen molar-refractivity contribution in [2.45, 2.75) is 4.90 Å². The lowest BCUT2D eigenvalue weighted by Gasteiger charge is -2.02. The van der Waals surface area contributed by atoms with Crippen LogP contribution < -0.4 is 5.73 Å². The van der Waals surface area contributed by atoms with Crippen LogP contribution in [0.5, 0.6) is 0 Å². The molecular weight excluding hydrogens is 222 g/mol. The van der Waals surface area contributed by atoms with Crippen LogP contribution in [0.1, 0.15) is 0 Å². The van der Waals surface area contributed by atoms with Crippen LogP contribution in [0.15, 0.2) is 53.4 Å². The number of rotatable bonds is 2. The molecule has 0 radical (unpaired) electrons. The first-order chi connectivity index (χ1) is 7.66. The maximum Gasteiger partial charge on any atom is 0.186 e. The first-order valence-electron chi connectivity index (χ1n) is 4.73. The monoisotopic (exact) mass is 233 g/mol. The van der Waals surface area contributed by atoms with Crippen molar-refractivity contribution in [1.82, 2.24) is 0 Å². The summed E-state index contributed by atoms with van der Waals surface area (Å²) in [4.78, 5) is 0.402. The third kappa shape index (κ3) is 2.29. The molecule has 0 spiro atoms. The number of hydrogen-bond donors (Lipinski definition) is 2. The van der Waals surface area contributed by atoms with Crippen molar-refractivity contribution in [2.75, 3.05) is 5.73 Å². The fourth-order valence-electron chi connectivity index (χ4n) is 1.44. The second kappa shape index (κ2) is 4.47. The summed E-state index contributed by atoms with van der Waals surface area (Å²) in [5, 5.41) is 0. The Bertz CT molecular complexity index is 506. The predicted molar refractivity (Wildman–Crippen MR) is 65.3 cm³/mol. The zero-order valence-corrected chi connectivity index (χ0v) is 9.28. The second-order valence-corrected chi connectivity index (χ2v) is 4.37. The highest BCUT2D eigenvalue weighted by atomic mass is 32.2.